The summed E-state index contributed by atoms with van der Waals surface area (Å²) in [6, 6.07) is 7.60. The average molecular weight is 283 g/mol. The predicted molar refractivity (Wildman–Crippen MR) is 32.9 cm³/mol. The second-order valence-electron chi connectivity index (χ2n) is 1.78. The summed E-state index contributed by atoms with van der Waals surface area (Å²) in [6.45, 7) is 0. The summed E-state index contributed by atoms with van der Waals surface area (Å²) in [6.07, 6.45) is 0. The second kappa shape index (κ2) is 3.32. The Morgan fingerprint density at radius 3 is 2.80 bits per heavy atom. The molecular formula is C6H4HoN3-. The summed E-state index contributed by atoms with van der Waals surface area (Å²) in [5.41, 5.74) is 1.72. The molecular weight excluding hydrogens is 279 g/mol. The maximum atomic E-state index is 3.76. The van der Waals surface area contributed by atoms with E-state index in [0.29, 0.717) is 0 Å². The molecule has 1 radical (unpaired) electrons. The number of hydrogen-bond acceptors (Lipinski definition) is 2. The minimum absolute atomic E-state index is 0. The van der Waals surface area contributed by atoms with Crippen molar-refractivity contribution in [2.24, 2.45) is 0 Å². The fourth-order valence-corrected chi connectivity index (χ4v) is 0.752. The standard InChI is InChI=1S/C6H4N3.Ho/c1-2-4-6-5(3-1)7-9-8-6;/h1-4H;/q-1;. The van der Waals surface area contributed by atoms with E-state index in [9.17, 15) is 0 Å². The van der Waals surface area contributed by atoms with Crippen LogP contribution in [0.4, 0.5) is 0 Å². The molecule has 1 aromatic carbocycles. The van der Waals surface area contributed by atoms with Crippen LogP contribution in [-0.4, -0.2) is 10.3 Å². The maximum Gasteiger partial charge on any atom is 0 e. The Morgan fingerprint density at radius 2 is 2.00 bits per heavy atom. The van der Waals surface area contributed by atoms with Crippen LogP contribution in [0.5, 0.6) is 0 Å². The first-order valence-corrected chi connectivity index (χ1v) is 2.67. The summed E-state index contributed by atoms with van der Waals surface area (Å²) < 4.78 is 0. The summed E-state index contributed by atoms with van der Waals surface area (Å²) in [5.74, 6) is 0. The van der Waals surface area contributed by atoms with Gasteiger partial charge in [0.2, 0.25) is 0 Å². The van der Waals surface area contributed by atoms with Gasteiger partial charge in [0.25, 0.3) is 0 Å². The molecule has 3 nitrogen and oxygen atoms in total. The molecule has 2 rings (SSSR count). The Morgan fingerprint density at radius 1 is 1.20 bits per heavy atom. The molecule has 0 aliphatic carbocycles. The summed E-state index contributed by atoms with van der Waals surface area (Å²) in [7, 11) is 0. The van der Waals surface area contributed by atoms with E-state index in [-0.39, 0.29) is 37.7 Å². The largest absolute Gasteiger partial charge is 0.350 e. The van der Waals surface area contributed by atoms with Crippen LogP contribution in [0.1, 0.15) is 0 Å². The number of rotatable bonds is 0. The Hall–Kier alpha value is -0.120. The van der Waals surface area contributed by atoms with Gasteiger partial charge >= 0.3 is 0 Å². The smallest absolute Gasteiger partial charge is 0 e. The zero-order valence-corrected chi connectivity index (χ0v) is 6.89. The maximum absolute atomic E-state index is 3.76. The van der Waals surface area contributed by atoms with Gasteiger partial charge < -0.3 is 10.2 Å². The van der Waals surface area contributed by atoms with Crippen LogP contribution in [0, 0.1) is 37.7 Å². The first-order chi connectivity index (χ1) is 4.47. The van der Waals surface area contributed by atoms with Crippen LogP contribution in [0.25, 0.3) is 11.0 Å². The third-order valence-corrected chi connectivity index (χ3v) is 1.19. The van der Waals surface area contributed by atoms with Crippen molar-refractivity contribution >= 4 is 11.0 Å². The third kappa shape index (κ3) is 1.31. The van der Waals surface area contributed by atoms with E-state index < -0.39 is 0 Å². The fourth-order valence-electron chi connectivity index (χ4n) is 0.752. The van der Waals surface area contributed by atoms with Gasteiger partial charge in [-0.05, 0) is 11.0 Å². The van der Waals surface area contributed by atoms with Crippen LogP contribution in [0.3, 0.4) is 0 Å². The van der Waals surface area contributed by atoms with Crippen molar-refractivity contribution in [1.82, 2.24) is 15.4 Å². The minimum Gasteiger partial charge on any atom is -0.350 e. The van der Waals surface area contributed by atoms with Gasteiger partial charge in [-0.3, -0.25) is 5.21 Å². The molecule has 1 heterocycles. The number of aromatic nitrogens is 3. The van der Waals surface area contributed by atoms with Crippen molar-refractivity contribution in [1.29, 1.82) is 0 Å². The fraction of sp³-hybridized carbons (Fsp3) is 0. The number of fused-ring (bicyclic) bond motifs is 1. The molecule has 0 atom stereocenters. The Balaban J connectivity index is 0.000000500. The van der Waals surface area contributed by atoms with Gasteiger partial charge in [-0.1, -0.05) is 24.3 Å². The van der Waals surface area contributed by atoms with Gasteiger partial charge in [-0.2, -0.15) is 0 Å². The summed E-state index contributed by atoms with van der Waals surface area (Å²) >= 11 is 0. The van der Waals surface area contributed by atoms with Crippen molar-refractivity contribution in [3.63, 3.8) is 0 Å². The average Bonchev–Trinajstić information content (AvgIpc) is 2.33. The van der Waals surface area contributed by atoms with E-state index in [4.69, 9.17) is 0 Å². The van der Waals surface area contributed by atoms with E-state index in [1.165, 1.54) is 0 Å². The molecule has 0 spiro atoms. The predicted octanol–water partition coefficient (Wildman–Crippen LogP) is 0.587. The van der Waals surface area contributed by atoms with E-state index in [1.807, 2.05) is 24.3 Å². The summed E-state index contributed by atoms with van der Waals surface area (Å²) in [4.78, 5) is 0. The van der Waals surface area contributed by atoms with Crippen LogP contribution in [0.15, 0.2) is 24.3 Å². The van der Waals surface area contributed by atoms with Gasteiger partial charge in [0.1, 0.15) is 0 Å². The van der Waals surface area contributed by atoms with Gasteiger partial charge in [0.15, 0.2) is 0 Å². The topological polar surface area (TPSA) is 39.9 Å². The monoisotopic (exact) mass is 283 g/mol. The number of benzene rings is 1. The molecule has 0 aliphatic heterocycles. The normalized spacial score (nSPS) is 9.20. The van der Waals surface area contributed by atoms with E-state index in [1.54, 1.807) is 0 Å². The zero-order chi connectivity index (χ0) is 6.10. The molecule has 0 fully saturated rings. The molecule has 1 aromatic heterocycles. The van der Waals surface area contributed by atoms with Crippen molar-refractivity contribution in [3.8, 4) is 0 Å². The number of hydrogen-bond donors (Lipinski definition) is 0. The van der Waals surface area contributed by atoms with Gasteiger partial charge in [0, 0.05) is 37.7 Å². The molecule has 55 valence electrons. The van der Waals surface area contributed by atoms with Crippen LogP contribution in [-0.2, 0) is 0 Å². The Labute approximate surface area is 87.8 Å². The van der Waals surface area contributed by atoms with Crippen molar-refractivity contribution in [3.05, 3.63) is 24.3 Å². The molecule has 0 saturated carbocycles. The minimum atomic E-state index is 0. The first-order valence-electron chi connectivity index (χ1n) is 2.67. The van der Waals surface area contributed by atoms with Crippen molar-refractivity contribution in [2.75, 3.05) is 0 Å². The molecule has 0 aliphatic rings. The molecule has 0 saturated heterocycles. The number of nitrogens with zero attached hydrogens (tertiary/aromatic N) is 3. The second-order valence-corrected chi connectivity index (χ2v) is 1.78. The molecule has 4 heteroatoms. The van der Waals surface area contributed by atoms with Crippen LogP contribution in [0.2, 0.25) is 0 Å². The van der Waals surface area contributed by atoms with Gasteiger partial charge in [-0.25, -0.2) is 0 Å². The first kappa shape index (κ1) is 7.98. The van der Waals surface area contributed by atoms with Crippen molar-refractivity contribution in [2.45, 2.75) is 0 Å². The Kier molecular flexibility index (Phi) is 2.65. The molecule has 10 heavy (non-hydrogen) atoms. The third-order valence-electron chi connectivity index (χ3n) is 1.19. The van der Waals surface area contributed by atoms with E-state index in [0.717, 1.165) is 11.0 Å². The van der Waals surface area contributed by atoms with Gasteiger partial charge in [-0.15, -0.1) is 0 Å². The summed E-state index contributed by atoms with van der Waals surface area (Å²) in [5, 5.41) is 11.0. The molecule has 0 amide bonds. The van der Waals surface area contributed by atoms with E-state index in [2.05, 4.69) is 15.4 Å². The van der Waals surface area contributed by atoms with Crippen molar-refractivity contribution < 1.29 is 37.7 Å². The molecule has 2 aromatic rings. The quantitative estimate of drug-likeness (QED) is 0.664. The molecule has 0 unspecified atom stereocenters. The SMILES string of the molecule is [Ho].c1ccc2[n-]nnc2c1. The van der Waals surface area contributed by atoms with Crippen LogP contribution < -0.4 is 5.10 Å². The Bertz CT molecular complexity index is 287. The van der Waals surface area contributed by atoms with Gasteiger partial charge in [0.05, 0.1) is 0 Å². The van der Waals surface area contributed by atoms with E-state index >= 15 is 0 Å². The zero-order valence-electron chi connectivity index (χ0n) is 4.95. The molecule has 0 N–H and O–H groups in total. The van der Waals surface area contributed by atoms with Crippen LogP contribution >= 0.6 is 0 Å². The molecule has 0 bridgehead atoms.